The van der Waals surface area contributed by atoms with E-state index in [1.165, 1.54) is 0 Å². The molecular weight excluding hydrogens is 192 g/mol. The summed E-state index contributed by atoms with van der Waals surface area (Å²) in [4.78, 5) is 0. The van der Waals surface area contributed by atoms with E-state index in [4.69, 9.17) is 9.47 Å². The summed E-state index contributed by atoms with van der Waals surface area (Å²) in [7, 11) is 3.18. The summed E-state index contributed by atoms with van der Waals surface area (Å²) in [6, 6.07) is 5.49. The summed E-state index contributed by atoms with van der Waals surface area (Å²) in [5.74, 6) is 1.45. The highest BCUT2D eigenvalue weighted by atomic mass is 16.5. The highest BCUT2D eigenvalue weighted by Gasteiger charge is 2.21. The van der Waals surface area contributed by atoms with Gasteiger partial charge in [0, 0.05) is 0 Å². The Morgan fingerprint density at radius 2 is 1.53 bits per heavy atom. The number of benzene rings is 1. The summed E-state index contributed by atoms with van der Waals surface area (Å²) < 4.78 is 10.4. The molecule has 0 aromatic heterocycles. The van der Waals surface area contributed by atoms with E-state index in [-0.39, 0.29) is 5.92 Å². The standard InChI is InChI=1S/C12H18O3/c1-8(2)12(13)11-9(14-3)6-5-7-10(11)15-4/h5-8,12-13H,1-4H3. The second-order valence-electron chi connectivity index (χ2n) is 3.77. The van der Waals surface area contributed by atoms with Crippen molar-refractivity contribution in [1.29, 1.82) is 0 Å². The Morgan fingerprint density at radius 1 is 1.07 bits per heavy atom. The first kappa shape index (κ1) is 11.9. The largest absolute Gasteiger partial charge is 0.496 e. The average Bonchev–Trinajstić information content (AvgIpc) is 2.26. The highest BCUT2D eigenvalue weighted by molar-refractivity contribution is 5.46. The van der Waals surface area contributed by atoms with E-state index in [2.05, 4.69) is 0 Å². The van der Waals surface area contributed by atoms with Gasteiger partial charge in [0.1, 0.15) is 11.5 Å². The Kier molecular flexibility index (Phi) is 3.97. The van der Waals surface area contributed by atoms with Crippen LogP contribution in [0.5, 0.6) is 11.5 Å². The lowest BCUT2D eigenvalue weighted by Crippen LogP contribution is -2.09. The second kappa shape index (κ2) is 5.03. The van der Waals surface area contributed by atoms with Crippen molar-refractivity contribution < 1.29 is 14.6 Å². The van der Waals surface area contributed by atoms with Crippen molar-refractivity contribution in [3.63, 3.8) is 0 Å². The van der Waals surface area contributed by atoms with Crippen LogP contribution in [-0.4, -0.2) is 19.3 Å². The summed E-state index contributed by atoms with van der Waals surface area (Å²) >= 11 is 0. The van der Waals surface area contributed by atoms with Crippen LogP contribution in [0.25, 0.3) is 0 Å². The van der Waals surface area contributed by atoms with Gasteiger partial charge in [0.25, 0.3) is 0 Å². The summed E-state index contributed by atoms with van der Waals surface area (Å²) in [6.07, 6.45) is -0.573. The molecule has 15 heavy (non-hydrogen) atoms. The second-order valence-corrected chi connectivity index (χ2v) is 3.77. The SMILES string of the molecule is COc1cccc(OC)c1C(O)C(C)C. The molecular formula is C12H18O3. The Balaban J connectivity index is 3.21. The molecule has 1 unspecified atom stereocenters. The van der Waals surface area contributed by atoms with Gasteiger partial charge in [0.2, 0.25) is 0 Å². The van der Waals surface area contributed by atoms with Crippen LogP contribution in [0.3, 0.4) is 0 Å². The molecule has 0 radical (unpaired) electrons. The molecule has 3 heteroatoms. The van der Waals surface area contributed by atoms with Crippen molar-refractivity contribution >= 4 is 0 Å². The first-order valence-corrected chi connectivity index (χ1v) is 5.00. The molecule has 0 saturated heterocycles. The molecule has 1 rings (SSSR count). The molecule has 0 saturated carbocycles. The molecule has 0 spiro atoms. The number of aliphatic hydroxyl groups excluding tert-OH is 1. The fraction of sp³-hybridized carbons (Fsp3) is 0.500. The molecule has 0 heterocycles. The molecule has 3 nitrogen and oxygen atoms in total. The van der Waals surface area contributed by atoms with E-state index < -0.39 is 6.10 Å². The normalized spacial score (nSPS) is 12.7. The maximum atomic E-state index is 10.1. The molecule has 0 aliphatic rings. The van der Waals surface area contributed by atoms with Crippen LogP contribution in [0.4, 0.5) is 0 Å². The van der Waals surface area contributed by atoms with Crippen molar-refractivity contribution in [3.8, 4) is 11.5 Å². The van der Waals surface area contributed by atoms with E-state index in [1.807, 2.05) is 32.0 Å². The van der Waals surface area contributed by atoms with Gasteiger partial charge in [-0.15, -0.1) is 0 Å². The van der Waals surface area contributed by atoms with Crippen LogP contribution in [0, 0.1) is 5.92 Å². The van der Waals surface area contributed by atoms with Crippen molar-refractivity contribution in [2.24, 2.45) is 5.92 Å². The summed E-state index contributed by atoms with van der Waals surface area (Å²) in [6.45, 7) is 3.91. The molecule has 1 aromatic rings. The average molecular weight is 210 g/mol. The minimum absolute atomic E-state index is 0.121. The van der Waals surface area contributed by atoms with E-state index in [1.54, 1.807) is 14.2 Å². The Bertz CT molecular complexity index is 298. The van der Waals surface area contributed by atoms with E-state index >= 15 is 0 Å². The van der Waals surface area contributed by atoms with Crippen LogP contribution in [0.15, 0.2) is 18.2 Å². The van der Waals surface area contributed by atoms with Gasteiger partial charge < -0.3 is 14.6 Å². The van der Waals surface area contributed by atoms with Gasteiger partial charge >= 0.3 is 0 Å². The maximum absolute atomic E-state index is 10.1. The molecule has 84 valence electrons. The van der Waals surface area contributed by atoms with Crippen molar-refractivity contribution in [2.75, 3.05) is 14.2 Å². The number of ether oxygens (including phenoxy) is 2. The van der Waals surface area contributed by atoms with Crippen LogP contribution in [-0.2, 0) is 0 Å². The van der Waals surface area contributed by atoms with Gasteiger partial charge in [0.05, 0.1) is 25.9 Å². The van der Waals surface area contributed by atoms with Crippen LogP contribution < -0.4 is 9.47 Å². The zero-order valence-electron chi connectivity index (χ0n) is 9.65. The predicted octanol–water partition coefficient (Wildman–Crippen LogP) is 2.39. The minimum Gasteiger partial charge on any atom is -0.496 e. The summed E-state index contributed by atoms with van der Waals surface area (Å²) in [5, 5.41) is 10.1. The lowest BCUT2D eigenvalue weighted by atomic mass is 9.97. The number of aliphatic hydroxyl groups is 1. The quantitative estimate of drug-likeness (QED) is 0.829. The Labute approximate surface area is 90.6 Å². The topological polar surface area (TPSA) is 38.7 Å². The number of methoxy groups -OCH3 is 2. The zero-order valence-corrected chi connectivity index (χ0v) is 9.65. The molecule has 1 aromatic carbocycles. The first-order chi connectivity index (χ1) is 7.11. The first-order valence-electron chi connectivity index (χ1n) is 5.00. The van der Waals surface area contributed by atoms with Crippen molar-refractivity contribution in [2.45, 2.75) is 20.0 Å². The van der Waals surface area contributed by atoms with Crippen LogP contribution in [0.2, 0.25) is 0 Å². The molecule has 1 atom stereocenters. The van der Waals surface area contributed by atoms with Crippen molar-refractivity contribution in [3.05, 3.63) is 23.8 Å². The van der Waals surface area contributed by atoms with Crippen molar-refractivity contribution in [1.82, 2.24) is 0 Å². The molecule has 1 N–H and O–H groups in total. The fourth-order valence-corrected chi connectivity index (χ4v) is 1.50. The van der Waals surface area contributed by atoms with Crippen LogP contribution in [0.1, 0.15) is 25.5 Å². The number of hydrogen-bond acceptors (Lipinski definition) is 3. The zero-order chi connectivity index (χ0) is 11.4. The van der Waals surface area contributed by atoms with Gasteiger partial charge in [-0.1, -0.05) is 19.9 Å². The number of hydrogen-bond donors (Lipinski definition) is 1. The van der Waals surface area contributed by atoms with E-state index in [0.717, 1.165) is 5.56 Å². The number of rotatable bonds is 4. The fourth-order valence-electron chi connectivity index (χ4n) is 1.50. The highest BCUT2D eigenvalue weighted by Crippen LogP contribution is 2.36. The third-order valence-corrected chi connectivity index (χ3v) is 2.39. The maximum Gasteiger partial charge on any atom is 0.128 e. The molecule has 0 aliphatic heterocycles. The van der Waals surface area contributed by atoms with E-state index in [0.29, 0.717) is 11.5 Å². The van der Waals surface area contributed by atoms with Gasteiger partial charge in [-0.2, -0.15) is 0 Å². The lowest BCUT2D eigenvalue weighted by molar-refractivity contribution is 0.120. The summed E-state index contributed by atoms with van der Waals surface area (Å²) in [5.41, 5.74) is 0.720. The molecule has 0 amide bonds. The lowest BCUT2D eigenvalue weighted by Gasteiger charge is -2.20. The Hall–Kier alpha value is -1.22. The molecule has 0 aliphatic carbocycles. The van der Waals surface area contributed by atoms with Gasteiger partial charge in [0.15, 0.2) is 0 Å². The third-order valence-electron chi connectivity index (χ3n) is 2.39. The molecule has 0 fully saturated rings. The van der Waals surface area contributed by atoms with Crippen LogP contribution >= 0.6 is 0 Å². The smallest absolute Gasteiger partial charge is 0.128 e. The monoisotopic (exact) mass is 210 g/mol. The third kappa shape index (κ3) is 2.42. The predicted molar refractivity (Wildman–Crippen MR) is 59.3 cm³/mol. The minimum atomic E-state index is -0.573. The molecule has 0 bridgehead atoms. The van der Waals surface area contributed by atoms with E-state index in [9.17, 15) is 5.11 Å². The Morgan fingerprint density at radius 3 is 1.87 bits per heavy atom. The van der Waals surface area contributed by atoms with Gasteiger partial charge in [-0.25, -0.2) is 0 Å². The van der Waals surface area contributed by atoms with Gasteiger partial charge in [-0.05, 0) is 18.1 Å². The van der Waals surface area contributed by atoms with Gasteiger partial charge in [-0.3, -0.25) is 0 Å².